The first kappa shape index (κ1) is 12.0. The molecule has 1 aliphatic rings. The molecule has 1 aliphatic carbocycles. The first-order valence-electron chi connectivity index (χ1n) is 6.07. The van der Waals surface area contributed by atoms with Gasteiger partial charge in [-0.2, -0.15) is 0 Å². The Labute approximate surface area is 101 Å². The van der Waals surface area contributed by atoms with Crippen molar-refractivity contribution < 1.29 is 9.90 Å². The van der Waals surface area contributed by atoms with E-state index in [0.29, 0.717) is 6.54 Å². The Hall–Kier alpha value is -1.42. The van der Waals surface area contributed by atoms with E-state index in [9.17, 15) is 9.90 Å². The minimum Gasteiger partial charge on any atom is -0.389 e. The van der Waals surface area contributed by atoms with Crippen molar-refractivity contribution in [2.24, 2.45) is 0 Å². The molecule has 1 aromatic rings. The molecule has 4 heteroatoms. The van der Waals surface area contributed by atoms with Crippen LogP contribution in [0.25, 0.3) is 0 Å². The summed E-state index contributed by atoms with van der Waals surface area (Å²) < 4.78 is 0. The fraction of sp³-hybridized carbons (Fsp3) is 0.538. The van der Waals surface area contributed by atoms with Gasteiger partial charge in [-0.25, -0.2) is 0 Å². The van der Waals surface area contributed by atoms with E-state index >= 15 is 0 Å². The maximum atomic E-state index is 11.7. The summed E-state index contributed by atoms with van der Waals surface area (Å²) in [6.07, 6.45) is 5.42. The molecule has 0 saturated heterocycles. The van der Waals surface area contributed by atoms with Crippen molar-refractivity contribution in [3.05, 3.63) is 30.1 Å². The highest BCUT2D eigenvalue weighted by molar-refractivity contribution is 5.77. The molecule has 92 valence electrons. The van der Waals surface area contributed by atoms with Crippen molar-refractivity contribution in [2.75, 3.05) is 0 Å². The smallest absolute Gasteiger partial charge is 0.223 e. The molecular formula is C13H18N2O2. The standard InChI is InChI=1S/C13H18N2O2/c16-12(9-13(17)6-2-3-7-13)15-10-11-5-1-4-8-14-11/h1,4-5,8,17H,2-3,6-7,9-10H2,(H,15,16). The van der Waals surface area contributed by atoms with Gasteiger partial charge >= 0.3 is 0 Å². The summed E-state index contributed by atoms with van der Waals surface area (Å²) in [6, 6.07) is 5.59. The van der Waals surface area contributed by atoms with E-state index in [4.69, 9.17) is 0 Å². The molecule has 0 unspecified atom stereocenters. The average Bonchev–Trinajstić information content (AvgIpc) is 2.74. The zero-order chi connectivity index (χ0) is 12.1. The van der Waals surface area contributed by atoms with E-state index in [1.165, 1.54) is 0 Å². The summed E-state index contributed by atoms with van der Waals surface area (Å²) in [5.74, 6) is -0.0972. The second-order valence-electron chi connectivity index (χ2n) is 4.71. The molecule has 2 rings (SSSR count). The molecule has 1 saturated carbocycles. The molecule has 0 radical (unpaired) electrons. The molecule has 1 aromatic heterocycles. The quantitative estimate of drug-likeness (QED) is 0.827. The molecule has 0 aromatic carbocycles. The molecule has 17 heavy (non-hydrogen) atoms. The number of pyridine rings is 1. The number of carbonyl (C=O) groups excluding carboxylic acids is 1. The van der Waals surface area contributed by atoms with Crippen molar-refractivity contribution in [1.29, 1.82) is 0 Å². The van der Waals surface area contributed by atoms with Gasteiger partial charge in [0.15, 0.2) is 0 Å². The van der Waals surface area contributed by atoms with Crippen LogP contribution in [0.1, 0.15) is 37.8 Å². The van der Waals surface area contributed by atoms with Crippen molar-refractivity contribution in [1.82, 2.24) is 10.3 Å². The molecule has 0 aliphatic heterocycles. The lowest BCUT2D eigenvalue weighted by molar-refractivity contribution is -0.126. The zero-order valence-electron chi connectivity index (χ0n) is 9.85. The van der Waals surface area contributed by atoms with Gasteiger partial charge in [0.05, 0.1) is 24.3 Å². The third-order valence-electron chi connectivity index (χ3n) is 3.22. The van der Waals surface area contributed by atoms with E-state index in [1.54, 1.807) is 6.20 Å². The molecule has 1 heterocycles. The van der Waals surface area contributed by atoms with Gasteiger partial charge in [-0.3, -0.25) is 9.78 Å². The molecule has 1 fully saturated rings. The van der Waals surface area contributed by atoms with Gasteiger partial charge in [0.25, 0.3) is 0 Å². The second-order valence-corrected chi connectivity index (χ2v) is 4.71. The monoisotopic (exact) mass is 234 g/mol. The number of hydrogen-bond donors (Lipinski definition) is 2. The van der Waals surface area contributed by atoms with Crippen molar-refractivity contribution in [3.8, 4) is 0 Å². The van der Waals surface area contributed by atoms with E-state index in [0.717, 1.165) is 31.4 Å². The van der Waals surface area contributed by atoms with Crippen LogP contribution in [0.4, 0.5) is 0 Å². The highest BCUT2D eigenvalue weighted by Crippen LogP contribution is 2.32. The van der Waals surface area contributed by atoms with Gasteiger partial charge in [0.2, 0.25) is 5.91 Å². The highest BCUT2D eigenvalue weighted by atomic mass is 16.3. The van der Waals surface area contributed by atoms with Gasteiger partial charge in [-0.15, -0.1) is 0 Å². The average molecular weight is 234 g/mol. The minimum absolute atomic E-state index is 0.0972. The normalized spacial score (nSPS) is 17.9. The predicted molar refractivity (Wildman–Crippen MR) is 64.1 cm³/mol. The third kappa shape index (κ3) is 3.53. The lowest BCUT2D eigenvalue weighted by Crippen LogP contribution is -2.34. The van der Waals surface area contributed by atoms with Gasteiger partial charge in [0, 0.05) is 6.20 Å². The third-order valence-corrected chi connectivity index (χ3v) is 3.22. The SMILES string of the molecule is O=C(CC1(O)CCCC1)NCc1ccccn1. The van der Waals surface area contributed by atoms with Crippen LogP contribution < -0.4 is 5.32 Å². The molecule has 0 spiro atoms. The lowest BCUT2D eigenvalue weighted by atomic mass is 9.98. The van der Waals surface area contributed by atoms with Crippen molar-refractivity contribution >= 4 is 5.91 Å². The Kier molecular flexibility index (Phi) is 3.74. The molecular weight excluding hydrogens is 216 g/mol. The molecule has 1 amide bonds. The van der Waals surface area contributed by atoms with Gasteiger partial charge in [0.1, 0.15) is 0 Å². The number of nitrogens with zero attached hydrogens (tertiary/aromatic N) is 1. The van der Waals surface area contributed by atoms with Gasteiger partial charge in [-0.05, 0) is 25.0 Å². The van der Waals surface area contributed by atoms with Gasteiger partial charge in [-0.1, -0.05) is 18.9 Å². The van der Waals surface area contributed by atoms with Crippen LogP contribution in [0.2, 0.25) is 0 Å². The van der Waals surface area contributed by atoms with Crippen molar-refractivity contribution in [3.63, 3.8) is 0 Å². The molecule has 4 nitrogen and oxygen atoms in total. The Balaban J connectivity index is 1.78. The molecule has 0 bridgehead atoms. The first-order chi connectivity index (χ1) is 8.18. The Morgan fingerprint density at radius 3 is 2.82 bits per heavy atom. The zero-order valence-corrected chi connectivity index (χ0v) is 9.85. The summed E-state index contributed by atoms with van der Waals surface area (Å²) in [7, 11) is 0. The maximum absolute atomic E-state index is 11.7. The predicted octanol–water partition coefficient (Wildman–Crippen LogP) is 1.39. The number of rotatable bonds is 4. The second kappa shape index (κ2) is 5.27. The summed E-state index contributed by atoms with van der Waals surface area (Å²) in [5, 5.41) is 12.9. The Morgan fingerprint density at radius 2 is 2.18 bits per heavy atom. The first-order valence-corrected chi connectivity index (χ1v) is 6.07. The Bertz CT molecular complexity index is 372. The van der Waals surface area contributed by atoms with Crippen LogP contribution in [-0.4, -0.2) is 21.6 Å². The van der Waals surface area contributed by atoms with Gasteiger partial charge < -0.3 is 10.4 Å². The minimum atomic E-state index is -0.770. The summed E-state index contributed by atoms with van der Waals surface area (Å²) in [4.78, 5) is 15.8. The highest BCUT2D eigenvalue weighted by Gasteiger charge is 2.33. The van der Waals surface area contributed by atoms with Crippen LogP contribution in [0, 0.1) is 0 Å². The lowest BCUT2D eigenvalue weighted by Gasteiger charge is -2.20. The summed E-state index contributed by atoms with van der Waals surface area (Å²) in [5.41, 5.74) is 0.0630. The largest absolute Gasteiger partial charge is 0.389 e. The summed E-state index contributed by atoms with van der Waals surface area (Å²) in [6.45, 7) is 0.426. The van der Waals surface area contributed by atoms with E-state index < -0.39 is 5.60 Å². The topological polar surface area (TPSA) is 62.2 Å². The summed E-state index contributed by atoms with van der Waals surface area (Å²) >= 11 is 0. The number of carbonyl (C=O) groups is 1. The number of hydrogen-bond acceptors (Lipinski definition) is 3. The molecule has 2 N–H and O–H groups in total. The number of aliphatic hydroxyl groups is 1. The van der Waals surface area contributed by atoms with Crippen LogP contribution in [-0.2, 0) is 11.3 Å². The number of nitrogens with one attached hydrogen (secondary N) is 1. The van der Waals surface area contributed by atoms with Crippen LogP contribution in [0.15, 0.2) is 24.4 Å². The van der Waals surface area contributed by atoms with Crippen molar-refractivity contribution in [2.45, 2.75) is 44.2 Å². The van der Waals surface area contributed by atoms with E-state index in [-0.39, 0.29) is 12.3 Å². The van der Waals surface area contributed by atoms with Crippen LogP contribution >= 0.6 is 0 Å². The molecule has 0 atom stereocenters. The van der Waals surface area contributed by atoms with E-state index in [1.807, 2.05) is 18.2 Å². The number of amides is 1. The fourth-order valence-corrected chi connectivity index (χ4v) is 2.26. The van der Waals surface area contributed by atoms with Crippen LogP contribution in [0.3, 0.4) is 0 Å². The number of aromatic nitrogens is 1. The van der Waals surface area contributed by atoms with E-state index in [2.05, 4.69) is 10.3 Å². The maximum Gasteiger partial charge on any atom is 0.223 e. The van der Waals surface area contributed by atoms with Crippen LogP contribution in [0.5, 0.6) is 0 Å². The fourth-order valence-electron chi connectivity index (χ4n) is 2.26. The Morgan fingerprint density at radius 1 is 1.41 bits per heavy atom.